The summed E-state index contributed by atoms with van der Waals surface area (Å²) in [5.41, 5.74) is 6.46. The number of nitrogens with two attached hydrogens (primary N) is 1. The van der Waals surface area contributed by atoms with Crippen molar-refractivity contribution in [2.75, 3.05) is 0 Å². The standard InChI is InChI=1S/C11H23N/c1-8-7-9(11(2,3)4)5-6-10(8)12/h8-10H,5-7,12H2,1-4H3/t8-,9?,10-/m1/s1. The van der Waals surface area contributed by atoms with Crippen molar-refractivity contribution in [2.24, 2.45) is 23.0 Å². The average Bonchev–Trinajstić information content (AvgIpc) is 1.92. The van der Waals surface area contributed by atoms with Gasteiger partial charge in [-0.2, -0.15) is 0 Å². The minimum absolute atomic E-state index is 0.462. The number of hydrogen-bond donors (Lipinski definition) is 1. The van der Waals surface area contributed by atoms with E-state index in [1.807, 2.05) is 0 Å². The molecular formula is C11H23N. The molecule has 0 aromatic heterocycles. The summed E-state index contributed by atoms with van der Waals surface area (Å²) >= 11 is 0. The van der Waals surface area contributed by atoms with Crippen LogP contribution in [-0.4, -0.2) is 6.04 Å². The Balaban J connectivity index is 2.51. The van der Waals surface area contributed by atoms with Gasteiger partial charge in [0.05, 0.1) is 0 Å². The summed E-state index contributed by atoms with van der Waals surface area (Å²) < 4.78 is 0. The van der Waals surface area contributed by atoms with Crippen LogP contribution in [0.5, 0.6) is 0 Å². The highest BCUT2D eigenvalue weighted by Crippen LogP contribution is 2.39. The second-order valence-corrected chi connectivity index (χ2v) is 5.52. The van der Waals surface area contributed by atoms with Gasteiger partial charge in [0.2, 0.25) is 0 Å². The van der Waals surface area contributed by atoms with E-state index in [0.717, 1.165) is 11.8 Å². The molecule has 1 aliphatic rings. The lowest BCUT2D eigenvalue weighted by Gasteiger charge is -2.39. The quantitative estimate of drug-likeness (QED) is 0.593. The molecule has 0 aromatic rings. The van der Waals surface area contributed by atoms with Gasteiger partial charge in [-0.15, -0.1) is 0 Å². The van der Waals surface area contributed by atoms with E-state index < -0.39 is 0 Å². The molecule has 1 rings (SSSR count). The highest BCUT2D eigenvalue weighted by Gasteiger charge is 2.31. The van der Waals surface area contributed by atoms with E-state index in [0.29, 0.717) is 11.5 Å². The maximum atomic E-state index is 5.98. The van der Waals surface area contributed by atoms with Crippen molar-refractivity contribution in [1.82, 2.24) is 0 Å². The normalized spacial score (nSPS) is 38.2. The Bertz CT molecular complexity index is 146. The van der Waals surface area contributed by atoms with Crippen LogP contribution in [0.25, 0.3) is 0 Å². The third-order valence-electron chi connectivity index (χ3n) is 3.46. The summed E-state index contributed by atoms with van der Waals surface area (Å²) in [7, 11) is 0. The molecule has 1 saturated carbocycles. The van der Waals surface area contributed by atoms with Crippen LogP contribution in [0.4, 0.5) is 0 Å². The molecule has 1 fully saturated rings. The third-order valence-corrected chi connectivity index (χ3v) is 3.46. The summed E-state index contributed by atoms with van der Waals surface area (Å²) in [4.78, 5) is 0. The molecule has 12 heavy (non-hydrogen) atoms. The minimum Gasteiger partial charge on any atom is -0.327 e. The molecule has 1 heteroatoms. The van der Waals surface area contributed by atoms with E-state index in [-0.39, 0.29) is 0 Å². The number of rotatable bonds is 0. The molecule has 2 N–H and O–H groups in total. The van der Waals surface area contributed by atoms with E-state index in [1.165, 1.54) is 19.3 Å². The van der Waals surface area contributed by atoms with E-state index in [2.05, 4.69) is 27.7 Å². The van der Waals surface area contributed by atoms with Gasteiger partial charge in [-0.25, -0.2) is 0 Å². The second-order valence-electron chi connectivity index (χ2n) is 5.52. The van der Waals surface area contributed by atoms with Crippen molar-refractivity contribution in [3.63, 3.8) is 0 Å². The average molecular weight is 169 g/mol. The molecule has 1 nitrogen and oxygen atoms in total. The molecule has 72 valence electrons. The van der Waals surface area contributed by atoms with Gasteiger partial charge in [0.15, 0.2) is 0 Å². The van der Waals surface area contributed by atoms with Crippen LogP contribution in [0.15, 0.2) is 0 Å². The van der Waals surface area contributed by atoms with Gasteiger partial charge in [-0.3, -0.25) is 0 Å². The summed E-state index contributed by atoms with van der Waals surface area (Å²) in [6, 6.07) is 0.462. The van der Waals surface area contributed by atoms with Crippen molar-refractivity contribution >= 4 is 0 Å². The fourth-order valence-corrected chi connectivity index (χ4v) is 2.21. The van der Waals surface area contributed by atoms with Crippen molar-refractivity contribution in [3.8, 4) is 0 Å². The third kappa shape index (κ3) is 2.22. The van der Waals surface area contributed by atoms with Gasteiger partial charge in [0.25, 0.3) is 0 Å². The van der Waals surface area contributed by atoms with Gasteiger partial charge in [-0.05, 0) is 36.5 Å². The molecule has 0 radical (unpaired) electrons. The van der Waals surface area contributed by atoms with Crippen LogP contribution >= 0.6 is 0 Å². The fraction of sp³-hybridized carbons (Fsp3) is 1.00. The summed E-state index contributed by atoms with van der Waals surface area (Å²) in [6.45, 7) is 9.34. The molecule has 0 heterocycles. The van der Waals surface area contributed by atoms with E-state index >= 15 is 0 Å². The van der Waals surface area contributed by atoms with Crippen molar-refractivity contribution in [1.29, 1.82) is 0 Å². The second kappa shape index (κ2) is 3.37. The molecule has 1 unspecified atom stereocenters. The first-order chi connectivity index (χ1) is 5.41. The Kier molecular flexibility index (Phi) is 2.82. The lowest BCUT2D eigenvalue weighted by molar-refractivity contribution is 0.134. The molecule has 3 atom stereocenters. The highest BCUT2D eigenvalue weighted by atomic mass is 14.7. The Labute approximate surface area is 76.7 Å². The Morgan fingerprint density at radius 3 is 2.17 bits per heavy atom. The van der Waals surface area contributed by atoms with Crippen LogP contribution in [0.3, 0.4) is 0 Å². The first-order valence-electron chi connectivity index (χ1n) is 5.17. The zero-order chi connectivity index (χ0) is 9.35. The van der Waals surface area contributed by atoms with Gasteiger partial charge < -0.3 is 5.73 Å². The first-order valence-corrected chi connectivity index (χ1v) is 5.17. The molecule has 0 spiro atoms. The maximum Gasteiger partial charge on any atom is 0.00647 e. The molecule has 0 amide bonds. The summed E-state index contributed by atoms with van der Waals surface area (Å²) in [5.74, 6) is 1.61. The van der Waals surface area contributed by atoms with Crippen molar-refractivity contribution < 1.29 is 0 Å². The summed E-state index contributed by atoms with van der Waals surface area (Å²) in [6.07, 6.45) is 3.88. The van der Waals surface area contributed by atoms with Gasteiger partial charge in [0, 0.05) is 6.04 Å². The Hall–Kier alpha value is -0.0400. The SMILES string of the molecule is C[C@@H]1CC(C(C)(C)C)CC[C@H]1N. The smallest absolute Gasteiger partial charge is 0.00647 e. The number of hydrogen-bond acceptors (Lipinski definition) is 1. The topological polar surface area (TPSA) is 26.0 Å². The highest BCUT2D eigenvalue weighted by molar-refractivity contribution is 4.85. The lowest BCUT2D eigenvalue weighted by atomic mass is 9.68. The van der Waals surface area contributed by atoms with Gasteiger partial charge in [0.1, 0.15) is 0 Å². The van der Waals surface area contributed by atoms with Crippen LogP contribution in [0.1, 0.15) is 47.0 Å². The zero-order valence-electron chi connectivity index (χ0n) is 8.93. The predicted molar refractivity (Wildman–Crippen MR) is 53.9 cm³/mol. The monoisotopic (exact) mass is 169 g/mol. The minimum atomic E-state index is 0.462. The molecule has 1 aliphatic carbocycles. The van der Waals surface area contributed by atoms with Crippen LogP contribution in [-0.2, 0) is 0 Å². The van der Waals surface area contributed by atoms with Crippen molar-refractivity contribution in [2.45, 2.75) is 53.0 Å². The van der Waals surface area contributed by atoms with Gasteiger partial charge in [-0.1, -0.05) is 27.7 Å². The Morgan fingerprint density at radius 1 is 1.17 bits per heavy atom. The Morgan fingerprint density at radius 2 is 1.75 bits per heavy atom. The van der Waals surface area contributed by atoms with Crippen LogP contribution in [0, 0.1) is 17.3 Å². The first kappa shape index (κ1) is 10.0. The summed E-state index contributed by atoms with van der Waals surface area (Å²) in [5, 5.41) is 0. The van der Waals surface area contributed by atoms with Crippen LogP contribution < -0.4 is 5.73 Å². The molecular weight excluding hydrogens is 146 g/mol. The predicted octanol–water partition coefficient (Wildman–Crippen LogP) is 2.80. The van der Waals surface area contributed by atoms with Gasteiger partial charge >= 0.3 is 0 Å². The van der Waals surface area contributed by atoms with E-state index in [9.17, 15) is 0 Å². The zero-order valence-corrected chi connectivity index (χ0v) is 8.93. The van der Waals surface area contributed by atoms with E-state index in [1.54, 1.807) is 0 Å². The maximum absolute atomic E-state index is 5.98. The molecule has 0 bridgehead atoms. The van der Waals surface area contributed by atoms with Crippen LogP contribution in [0.2, 0.25) is 0 Å². The molecule has 0 saturated heterocycles. The molecule has 0 aliphatic heterocycles. The largest absolute Gasteiger partial charge is 0.327 e. The van der Waals surface area contributed by atoms with Crippen molar-refractivity contribution in [3.05, 3.63) is 0 Å². The lowest BCUT2D eigenvalue weighted by Crippen LogP contribution is -2.38. The van der Waals surface area contributed by atoms with E-state index in [4.69, 9.17) is 5.73 Å². The fourth-order valence-electron chi connectivity index (χ4n) is 2.21. The molecule has 0 aromatic carbocycles.